The predicted molar refractivity (Wildman–Crippen MR) is 64.4 cm³/mol. The third kappa shape index (κ3) is 1.82. The van der Waals surface area contributed by atoms with E-state index in [-0.39, 0.29) is 6.54 Å². The van der Waals surface area contributed by atoms with Crippen LogP contribution in [0.1, 0.15) is 21.5 Å². The van der Waals surface area contributed by atoms with Gasteiger partial charge in [-0.05, 0) is 25.0 Å². The Bertz CT molecular complexity index is 611. The van der Waals surface area contributed by atoms with Crippen molar-refractivity contribution in [3.63, 3.8) is 0 Å². The molecule has 0 atom stereocenters. The molecule has 1 aromatic carbocycles. The molecule has 17 heavy (non-hydrogen) atoms. The van der Waals surface area contributed by atoms with Crippen LogP contribution in [0.5, 0.6) is 0 Å². The molecule has 1 N–H and O–H groups in total. The summed E-state index contributed by atoms with van der Waals surface area (Å²) in [6.45, 7) is 3.70. The molecule has 0 aliphatic rings. The molecule has 0 aliphatic carbocycles. The van der Waals surface area contributed by atoms with E-state index in [1.165, 1.54) is 0 Å². The van der Waals surface area contributed by atoms with Crippen LogP contribution in [0.15, 0.2) is 18.3 Å². The average molecular weight is 231 g/mol. The highest BCUT2D eigenvalue weighted by Gasteiger charge is 2.13. The second-order valence-electron chi connectivity index (χ2n) is 4.15. The van der Waals surface area contributed by atoms with Gasteiger partial charge in [-0.15, -0.1) is 0 Å². The number of hydrogen-bond donors (Lipinski definition) is 1. The van der Waals surface area contributed by atoms with E-state index in [0.29, 0.717) is 5.56 Å². The number of aryl methyl sites for hydroxylation is 2. The molecule has 0 amide bonds. The molecule has 0 spiro atoms. The second kappa shape index (κ2) is 4.05. The molecular formula is C13H13NO3. The topological polar surface area (TPSA) is 59.3 Å². The summed E-state index contributed by atoms with van der Waals surface area (Å²) in [5.41, 5.74) is 3.33. The van der Waals surface area contributed by atoms with Crippen molar-refractivity contribution in [1.29, 1.82) is 0 Å². The van der Waals surface area contributed by atoms with Gasteiger partial charge in [0, 0.05) is 17.1 Å². The number of benzene rings is 1. The smallest absolute Gasteiger partial charge is 0.323 e. The van der Waals surface area contributed by atoms with Crippen molar-refractivity contribution in [1.82, 2.24) is 4.57 Å². The summed E-state index contributed by atoms with van der Waals surface area (Å²) in [6.07, 6.45) is 2.37. The summed E-state index contributed by atoms with van der Waals surface area (Å²) in [5, 5.41) is 9.71. The van der Waals surface area contributed by atoms with Crippen LogP contribution < -0.4 is 0 Å². The van der Waals surface area contributed by atoms with Crippen molar-refractivity contribution in [2.24, 2.45) is 0 Å². The Morgan fingerprint density at radius 1 is 1.35 bits per heavy atom. The molecule has 0 unspecified atom stereocenters. The quantitative estimate of drug-likeness (QED) is 0.823. The Kier molecular flexibility index (Phi) is 2.71. The van der Waals surface area contributed by atoms with Crippen LogP contribution in [-0.4, -0.2) is 21.9 Å². The Hall–Kier alpha value is -2.10. The number of carboxylic acid groups (broad SMARTS) is 1. The molecule has 4 nitrogen and oxygen atoms in total. The maximum absolute atomic E-state index is 11.0. The maximum Gasteiger partial charge on any atom is 0.323 e. The first kappa shape index (κ1) is 11.4. The van der Waals surface area contributed by atoms with Gasteiger partial charge in [0.05, 0.1) is 5.52 Å². The maximum atomic E-state index is 11.0. The average Bonchev–Trinajstić information content (AvgIpc) is 2.62. The fourth-order valence-electron chi connectivity index (χ4n) is 2.19. The van der Waals surface area contributed by atoms with E-state index in [0.717, 1.165) is 28.3 Å². The van der Waals surface area contributed by atoms with E-state index in [4.69, 9.17) is 5.11 Å². The molecule has 0 saturated heterocycles. The first-order valence-corrected chi connectivity index (χ1v) is 5.30. The molecule has 0 radical (unpaired) electrons. The zero-order valence-corrected chi connectivity index (χ0v) is 9.73. The monoisotopic (exact) mass is 231 g/mol. The Morgan fingerprint density at radius 3 is 2.59 bits per heavy atom. The number of carbonyl (C=O) groups excluding carboxylic acids is 1. The molecule has 0 fully saturated rings. The van der Waals surface area contributed by atoms with Gasteiger partial charge in [-0.1, -0.05) is 12.1 Å². The minimum absolute atomic E-state index is 0.130. The highest BCUT2D eigenvalue weighted by atomic mass is 16.4. The van der Waals surface area contributed by atoms with E-state index in [9.17, 15) is 9.59 Å². The molecular weight excluding hydrogens is 218 g/mol. The first-order valence-electron chi connectivity index (χ1n) is 5.30. The largest absolute Gasteiger partial charge is 0.480 e. The van der Waals surface area contributed by atoms with Gasteiger partial charge in [0.25, 0.3) is 0 Å². The normalized spacial score (nSPS) is 10.7. The number of aliphatic carboxylic acids is 1. The lowest BCUT2D eigenvalue weighted by Crippen LogP contribution is -2.07. The van der Waals surface area contributed by atoms with Crippen LogP contribution in [0.25, 0.3) is 10.9 Å². The third-order valence-electron chi connectivity index (χ3n) is 2.89. The molecule has 0 saturated carbocycles. The Morgan fingerprint density at radius 2 is 2.00 bits per heavy atom. The summed E-state index contributed by atoms with van der Waals surface area (Å²) in [6, 6.07) is 3.88. The van der Waals surface area contributed by atoms with Crippen LogP contribution >= 0.6 is 0 Å². The molecule has 88 valence electrons. The number of fused-ring (bicyclic) bond motifs is 1. The first-order chi connectivity index (χ1) is 8.04. The van der Waals surface area contributed by atoms with E-state index < -0.39 is 5.97 Å². The van der Waals surface area contributed by atoms with Crippen molar-refractivity contribution in [2.75, 3.05) is 0 Å². The SMILES string of the molecule is Cc1ccc(C)c2c1c(C=O)cn2CC(=O)O. The molecule has 0 aliphatic heterocycles. The highest BCUT2D eigenvalue weighted by Crippen LogP contribution is 2.26. The van der Waals surface area contributed by atoms with Crippen LogP contribution in [0.2, 0.25) is 0 Å². The lowest BCUT2D eigenvalue weighted by atomic mass is 10.0. The molecule has 2 aromatic rings. The lowest BCUT2D eigenvalue weighted by Gasteiger charge is -2.05. The van der Waals surface area contributed by atoms with Crippen molar-refractivity contribution >= 4 is 23.2 Å². The predicted octanol–water partition coefficient (Wildman–Crippen LogP) is 2.16. The van der Waals surface area contributed by atoms with Gasteiger partial charge in [-0.25, -0.2) is 0 Å². The van der Waals surface area contributed by atoms with Gasteiger partial charge < -0.3 is 9.67 Å². The van der Waals surface area contributed by atoms with E-state index >= 15 is 0 Å². The number of aldehydes is 1. The zero-order valence-electron chi connectivity index (χ0n) is 9.73. The fraction of sp³-hybridized carbons (Fsp3) is 0.231. The number of hydrogen-bond acceptors (Lipinski definition) is 2. The third-order valence-corrected chi connectivity index (χ3v) is 2.89. The summed E-state index contributed by atoms with van der Waals surface area (Å²) >= 11 is 0. The van der Waals surface area contributed by atoms with Gasteiger partial charge in [0.15, 0.2) is 6.29 Å². The van der Waals surface area contributed by atoms with Crippen molar-refractivity contribution in [3.8, 4) is 0 Å². The van der Waals surface area contributed by atoms with Crippen LogP contribution in [0.4, 0.5) is 0 Å². The fourth-order valence-corrected chi connectivity index (χ4v) is 2.19. The Labute approximate surface area is 98.5 Å². The van der Waals surface area contributed by atoms with Crippen LogP contribution in [-0.2, 0) is 11.3 Å². The number of carbonyl (C=O) groups is 2. The summed E-state index contributed by atoms with van der Waals surface area (Å²) in [4.78, 5) is 21.8. The Balaban J connectivity index is 2.82. The number of aromatic nitrogens is 1. The van der Waals surface area contributed by atoms with E-state index in [2.05, 4.69) is 0 Å². The second-order valence-corrected chi connectivity index (χ2v) is 4.15. The lowest BCUT2D eigenvalue weighted by molar-refractivity contribution is -0.137. The van der Waals surface area contributed by atoms with Crippen LogP contribution in [0, 0.1) is 13.8 Å². The standard InChI is InChI=1S/C13H13NO3/c1-8-3-4-9(2)13-12(8)10(7-15)5-14(13)6-11(16)17/h3-5,7H,6H2,1-2H3,(H,16,17). The van der Waals surface area contributed by atoms with Gasteiger partial charge in [-0.3, -0.25) is 9.59 Å². The van der Waals surface area contributed by atoms with Crippen molar-refractivity contribution < 1.29 is 14.7 Å². The van der Waals surface area contributed by atoms with Gasteiger partial charge >= 0.3 is 5.97 Å². The number of nitrogens with zero attached hydrogens (tertiary/aromatic N) is 1. The van der Waals surface area contributed by atoms with E-state index in [1.807, 2.05) is 26.0 Å². The molecule has 1 aromatic heterocycles. The van der Waals surface area contributed by atoms with Crippen LogP contribution in [0.3, 0.4) is 0 Å². The molecule has 2 rings (SSSR count). The summed E-state index contributed by atoms with van der Waals surface area (Å²) in [7, 11) is 0. The van der Waals surface area contributed by atoms with Crippen molar-refractivity contribution in [3.05, 3.63) is 35.0 Å². The van der Waals surface area contributed by atoms with Crippen molar-refractivity contribution in [2.45, 2.75) is 20.4 Å². The van der Waals surface area contributed by atoms with Gasteiger partial charge in [-0.2, -0.15) is 0 Å². The number of rotatable bonds is 3. The molecule has 4 heteroatoms. The van der Waals surface area contributed by atoms with E-state index in [1.54, 1.807) is 10.8 Å². The van der Waals surface area contributed by atoms with Gasteiger partial charge in [0.2, 0.25) is 0 Å². The minimum atomic E-state index is -0.916. The molecule has 1 heterocycles. The molecule has 0 bridgehead atoms. The highest BCUT2D eigenvalue weighted by molar-refractivity contribution is 6.01. The number of carboxylic acids is 1. The summed E-state index contributed by atoms with van der Waals surface area (Å²) in [5.74, 6) is -0.916. The summed E-state index contributed by atoms with van der Waals surface area (Å²) < 4.78 is 1.61. The zero-order chi connectivity index (χ0) is 12.6. The van der Waals surface area contributed by atoms with Gasteiger partial charge in [0.1, 0.15) is 6.54 Å². The minimum Gasteiger partial charge on any atom is -0.480 e.